The fourth-order valence-electron chi connectivity index (χ4n) is 2.80. The number of rotatable bonds is 7. The van der Waals surface area contributed by atoms with E-state index in [0.29, 0.717) is 11.3 Å². The number of nitrogens with one attached hydrogen (secondary N) is 2. The number of methoxy groups -OCH3 is 1. The minimum Gasteiger partial charge on any atom is -0.495 e. The molecule has 1 aromatic rings. The number of anilines is 1. The van der Waals surface area contributed by atoms with Gasteiger partial charge < -0.3 is 20.3 Å². The normalized spacial score (nSPS) is 18.5. The first kappa shape index (κ1) is 22.2. The summed E-state index contributed by atoms with van der Waals surface area (Å²) in [6, 6.07) is 8.62. The molecule has 25 heavy (non-hydrogen) atoms. The van der Waals surface area contributed by atoms with E-state index in [0.717, 1.165) is 44.3 Å². The highest BCUT2D eigenvalue weighted by atomic mass is 127. The molecule has 0 spiro atoms. The van der Waals surface area contributed by atoms with Crippen LogP contribution >= 0.6 is 35.7 Å². The Bertz CT molecular complexity index is 544. The highest BCUT2D eigenvalue weighted by molar-refractivity contribution is 14.0. The number of nitrogens with zero attached hydrogens (tertiary/aromatic N) is 2. The maximum Gasteiger partial charge on any atom is 0.191 e. The van der Waals surface area contributed by atoms with Crippen molar-refractivity contribution in [2.24, 2.45) is 4.99 Å². The molecule has 7 heteroatoms. The van der Waals surface area contributed by atoms with Crippen LogP contribution in [0.3, 0.4) is 0 Å². The number of guanidine groups is 1. The Labute approximate surface area is 173 Å². The molecule has 1 aliphatic rings. The van der Waals surface area contributed by atoms with Crippen molar-refractivity contribution in [3.05, 3.63) is 24.3 Å². The Morgan fingerprint density at radius 2 is 2.20 bits per heavy atom. The van der Waals surface area contributed by atoms with Gasteiger partial charge in [-0.2, -0.15) is 11.8 Å². The zero-order valence-electron chi connectivity index (χ0n) is 15.6. The van der Waals surface area contributed by atoms with Crippen molar-refractivity contribution in [3.63, 3.8) is 0 Å². The van der Waals surface area contributed by atoms with Crippen LogP contribution in [-0.4, -0.2) is 56.8 Å². The molecular formula is C18H31IN4OS. The number of ether oxygens (including phenoxy) is 1. The number of halogens is 1. The third-order valence-corrected chi connectivity index (χ3v) is 5.16. The Morgan fingerprint density at radius 1 is 1.44 bits per heavy atom. The van der Waals surface area contributed by atoms with E-state index in [4.69, 9.17) is 9.73 Å². The molecule has 1 heterocycles. The second-order valence-electron chi connectivity index (χ2n) is 6.01. The zero-order chi connectivity index (χ0) is 17.4. The molecule has 1 aliphatic heterocycles. The smallest absolute Gasteiger partial charge is 0.191 e. The molecule has 1 aromatic carbocycles. The SMILES string of the molecule is CCNC(=NCC(C)SC)NC1CCN(c2ccccc2OC)C1.I. The van der Waals surface area contributed by atoms with E-state index in [1.165, 1.54) is 5.69 Å². The van der Waals surface area contributed by atoms with Gasteiger partial charge in [-0.3, -0.25) is 4.99 Å². The molecule has 0 radical (unpaired) electrons. The average Bonchev–Trinajstić information content (AvgIpc) is 3.07. The molecule has 0 amide bonds. The number of para-hydroxylation sites is 2. The summed E-state index contributed by atoms with van der Waals surface area (Å²) < 4.78 is 5.49. The average molecular weight is 478 g/mol. The van der Waals surface area contributed by atoms with Crippen molar-refractivity contribution in [2.75, 3.05) is 44.4 Å². The monoisotopic (exact) mass is 478 g/mol. The summed E-state index contributed by atoms with van der Waals surface area (Å²) in [5.41, 5.74) is 1.17. The second kappa shape index (κ2) is 11.7. The van der Waals surface area contributed by atoms with Gasteiger partial charge in [-0.15, -0.1) is 24.0 Å². The highest BCUT2D eigenvalue weighted by Gasteiger charge is 2.25. The molecule has 0 saturated carbocycles. The molecule has 0 bridgehead atoms. The molecule has 2 unspecified atom stereocenters. The lowest BCUT2D eigenvalue weighted by Gasteiger charge is -2.22. The number of aliphatic imine (C=N–C) groups is 1. The Morgan fingerprint density at radius 3 is 2.88 bits per heavy atom. The number of benzene rings is 1. The summed E-state index contributed by atoms with van der Waals surface area (Å²) in [7, 11) is 1.73. The van der Waals surface area contributed by atoms with Crippen LogP contribution in [0.2, 0.25) is 0 Å². The molecule has 2 atom stereocenters. The molecule has 1 fully saturated rings. The van der Waals surface area contributed by atoms with Crippen LogP contribution in [0.1, 0.15) is 20.3 Å². The third kappa shape index (κ3) is 6.77. The van der Waals surface area contributed by atoms with Gasteiger partial charge in [-0.1, -0.05) is 19.1 Å². The first-order valence-electron chi connectivity index (χ1n) is 8.63. The Hall–Kier alpha value is -0.830. The van der Waals surface area contributed by atoms with Crippen LogP contribution < -0.4 is 20.3 Å². The lowest BCUT2D eigenvalue weighted by Crippen LogP contribution is -2.44. The standard InChI is InChI=1S/C18H30N4OS.HI/c1-5-19-18(20-12-14(2)24-4)21-15-10-11-22(13-15)16-8-6-7-9-17(16)23-3;/h6-9,14-15H,5,10-13H2,1-4H3,(H2,19,20,21);1H. The lowest BCUT2D eigenvalue weighted by molar-refractivity contribution is 0.415. The summed E-state index contributed by atoms with van der Waals surface area (Å²) >= 11 is 1.84. The zero-order valence-corrected chi connectivity index (χ0v) is 18.8. The second-order valence-corrected chi connectivity index (χ2v) is 7.29. The molecule has 2 N–H and O–H groups in total. The van der Waals surface area contributed by atoms with Crippen molar-refractivity contribution in [3.8, 4) is 5.75 Å². The van der Waals surface area contributed by atoms with Crippen molar-refractivity contribution in [1.29, 1.82) is 0 Å². The van der Waals surface area contributed by atoms with Crippen LogP contribution in [0.15, 0.2) is 29.3 Å². The van der Waals surface area contributed by atoms with E-state index in [1.807, 2.05) is 23.9 Å². The summed E-state index contributed by atoms with van der Waals surface area (Å²) in [5.74, 6) is 1.86. The van der Waals surface area contributed by atoms with Gasteiger partial charge in [-0.05, 0) is 31.7 Å². The topological polar surface area (TPSA) is 48.9 Å². The van der Waals surface area contributed by atoms with Crippen molar-refractivity contribution in [1.82, 2.24) is 10.6 Å². The van der Waals surface area contributed by atoms with Gasteiger partial charge in [0, 0.05) is 30.9 Å². The van der Waals surface area contributed by atoms with Crippen LogP contribution in [0.4, 0.5) is 5.69 Å². The van der Waals surface area contributed by atoms with E-state index in [9.17, 15) is 0 Å². The van der Waals surface area contributed by atoms with Crippen LogP contribution in [0.5, 0.6) is 5.75 Å². The summed E-state index contributed by atoms with van der Waals surface area (Å²) in [4.78, 5) is 7.09. The van der Waals surface area contributed by atoms with Crippen LogP contribution in [-0.2, 0) is 0 Å². The number of hydrogen-bond acceptors (Lipinski definition) is 4. The fraction of sp³-hybridized carbons (Fsp3) is 0.611. The van der Waals surface area contributed by atoms with E-state index in [2.05, 4.69) is 47.8 Å². The highest BCUT2D eigenvalue weighted by Crippen LogP contribution is 2.30. The molecule has 142 valence electrons. The van der Waals surface area contributed by atoms with Gasteiger partial charge in [-0.25, -0.2) is 0 Å². The van der Waals surface area contributed by atoms with Gasteiger partial charge in [0.05, 0.1) is 19.3 Å². The minimum atomic E-state index is 0. The quantitative estimate of drug-likeness (QED) is 0.358. The largest absolute Gasteiger partial charge is 0.495 e. The predicted molar refractivity (Wildman–Crippen MR) is 121 cm³/mol. The van der Waals surface area contributed by atoms with E-state index < -0.39 is 0 Å². The first-order chi connectivity index (χ1) is 11.7. The minimum absolute atomic E-state index is 0. The van der Waals surface area contributed by atoms with E-state index in [-0.39, 0.29) is 24.0 Å². The third-order valence-electron chi connectivity index (χ3n) is 4.21. The van der Waals surface area contributed by atoms with Crippen LogP contribution in [0.25, 0.3) is 0 Å². The van der Waals surface area contributed by atoms with Gasteiger partial charge in [0.25, 0.3) is 0 Å². The van der Waals surface area contributed by atoms with Crippen molar-refractivity contribution < 1.29 is 4.74 Å². The predicted octanol–water partition coefficient (Wildman–Crippen LogP) is 3.20. The van der Waals surface area contributed by atoms with Gasteiger partial charge in [0.15, 0.2) is 5.96 Å². The van der Waals surface area contributed by atoms with E-state index in [1.54, 1.807) is 7.11 Å². The van der Waals surface area contributed by atoms with Gasteiger partial charge in [0.2, 0.25) is 0 Å². The Balaban J connectivity index is 0.00000312. The fourth-order valence-corrected chi connectivity index (χ4v) is 3.02. The van der Waals surface area contributed by atoms with Crippen LogP contribution in [0, 0.1) is 0 Å². The molecular weight excluding hydrogens is 447 g/mol. The van der Waals surface area contributed by atoms with Crippen molar-refractivity contribution in [2.45, 2.75) is 31.6 Å². The first-order valence-corrected chi connectivity index (χ1v) is 9.92. The van der Waals surface area contributed by atoms with Gasteiger partial charge >= 0.3 is 0 Å². The maximum atomic E-state index is 5.49. The maximum absolute atomic E-state index is 5.49. The molecule has 1 saturated heterocycles. The van der Waals surface area contributed by atoms with Crippen molar-refractivity contribution >= 4 is 47.4 Å². The van der Waals surface area contributed by atoms with Gasteiger partial charge in [0.1, 0.15) is 5.75 Å². The Kier molecular flexibility index (Phi) is 10.4. The number of hydrogen-bond donors (Lipinski definition) is 2. The molecule has 0 aliphatic carbocycles. The molecule has 5 nitrogen and oxygen atoms in total. The summed E-state index contributed by atoms with van der Waals surface area (Å²) in [6.45, 7) is 8.01. The summed E-state index contributed by atoms with van der Waals surface area (Å²) in [6.07, 6.45) is 3.23. The summed E-state index contributed by atoms with van der Waals surface area (Å²) in [5, 5.41) is 7.47. The number of thioether (sulfide) groups is 1. The van der Waals surface area contributed by atoms with E-state index >= 15 is 0 Å². The lowest BCUT2D eigenvalue weighted by atomic mass is 10.2. The molecule has 0 aromatic heterocycles. The molecule has 2 rings (SSSR count).